The average Bonchev–Trinajstić information content (AvgIpc) is 2.64. The molecule has 96 valence electrons. The molecule has 3 atom stereocenters. The molecule has 1 saturated heterocycles. The fraction of sp³-hybridized carbons (Fsp3) is 0.308. The van der Waals surface area contributed by atoms with E-state index in [1.165, 1.54) is 18.5 Å². The van der Waals surface area contributed by atoms with Crippen molar-refractivity contribution < 1.29 is 9.52 Å². The quantitative estimate of drug-likeness (QED) is 0.434. The number of alkyl halides is 1. The van der Waals surface area contributed by atoms with E-state index < -0.39 is 10.9 Å². The summed E-state index contributed by atoms with van der Waals surface area (Å²) in [6.07, 6.45) is 6.16. The molecule has 0 aromatic carbocycles. The molecule has 2 aliphatic heterocycles. The standard InChI is InChI=1S/C13H10ClN3O2/c14-13(8-15)7-10-11(18)1-2-12(13)17(10)9-3-5-16(19)6-4-9/h1-6,10,12H,7H2. The summed E-state index contributed by atoms with van der Waals surface area (Å²) >= 11 is 6.32. The molecule has 6 heteroatoms. The van der Waals surface area contributed by atoms with E-state index in [4.69, 9.17) is 11.6 Å². The zero-order valence-corrected chi connectivity index (χ0v) is 10.6. The van der Waals surface area contributed by atoms with E-state index in [9.17, 15) is 15.3 Å². The maximum absolute atomic E-state index is 11.9. The molecule has 3 unspecified atom stereocenters. The fourth-order valence-corrected chi connectivity index (χ4v) is 3.05. The lowest BCUT2D eigenvalue weighted by Gasteiger charge is -2.33. The number of nitriles is 1. The van der Waals surface area contributed by atoms with Crippen molar-refractivity contribution >= 4 is 23.1 Å². The third-order valence-corrected chi connectivity index (χ3v) is 4.10. The predicted octanol–water partition coefficient (Wildman–Crippen LogP) is 0.907. The predicted molar refractivity (Wildman–Crippen MR) is 68.4 cm³/mol. The van der Waals surface area contributed by atoms with Crippen LogP contribution in [-0.2, 0) is 4.79 Å². The summed E-state index contributed by atoms with van der Waals surface area (Å²) in [6.45, 7) is 0. The number of nitrogens with zero attached hydrogens (tertiary/aromatic N) is 3. The molecule has 0 N–H and O–H groups in total. The monoisotopic (exact) mass is 275 g/mol. The number of hydrogen-bond acceptors (Lipinski definition) is 4. The van der Waals surface area contributed by atoms with Crippen LogP contribution in [-0.4, -0.2) is 22.7 Å². The van der Waals surface area contributed by atoms with Crippen molar-refractivity contribution in [3.63, 3.8) is 0 Å². The van der Waals surface area contributed by atoms with Crippen LogP contribution in [0.3, 0.4) is 0 Å². The van der Waals surface area contributed by atoms with Gasteiger partial charge in [-0.25, -0.2) is 0 Å². The van der Waals surface area contributed by atoms with Gasteiger partial charge < -0.3 is 10.1 Å². The number of aromatic nitrogens is 1. The maximum Gasteiger partial charge on any atom is 0.182 e. The molecular formula is C13H10ClN3O2. The molecule has 3 heterocycles. The van der Waals surface area contributed by atoms with Crippen molar-refractivity contribution in [1.82, 2.24) is 0 Å². The molecule has 1 fully saturated rings. The normalized spacial score (nSPS) is 32.4. The van der Waals surface area contributed by atoms with Crippen LogP contribution in [0.25, 0.3) is 0 Å². The van der Waals surface area contributed by atoms with Crippen molar-refractivity contribution in [2.45, 2.75) is 23.4 Å². The number of pyridine rings is 1. The highest BCUT2D eigenvalue weighted by atomic mass is 35.5. The molecule has 1 aromatic heterocycles. The summed E-state index contributed by atoms with van der Waals surface area (Å²) < 4.78 is 0.672. The van der Waals surface area contributed by atoms with Crippen LogP contribution >= 0.6 is 11.6 Å². The number of carbonyl (C=O) groups excluding carboxylic acids is 1. The molecule has 0 spiro atoms. The largest absolute Gasteiger partial charge is 0.619 e. The van der Waals surface area contributed by atoms with Crippen molar-refractivity contribution in [2.24, 2.45) is 0 Å². The summed E-state index contributed by atoms with van der Waals surface area (Å²) in [5, 5.41) is 20.3. The molecule has 0 saturated carbocycles. The Morgan fingerprint density at radius 2 is 2.21 bits per heavy atom. The number of halogens is 1. The van der Waals surface area contributed by atoms with Gasteiger partial charge in [0.2, 0.25) is 0 Å². The number of anilines is 1. The van der Waals surface area contributed by atoms with Gasteiger partial charge in [-0.3, -0.25) is 4.79 Å². The Hall–Kier alpha value is -2.06. The molecule has 0 amide bonds. The van der Waals surface area contributed by atoms with Gasteiger partial charge in [-0.15, -0.1) is 0 Å². The Balaban J connectivity index is 2.07. The first-order chi connectivity index (χ1) is 9.05. The summed E-state index contributed by atoms with van der Waals surface area (Å²) in [6, 6.07) is 4.55. The zero-order valence-electron chi connectivity index (χ0n) is 9.86. The first-order valence-electron chi connectivity index (χ1n) is 5.84. The minimum absolute atomic E-state index is 0.0621. The molecular weight excluding hydrogens is 266 g/mol. The van der Waals surface area contributed by atoms with Gasteiger partial charge in [0.25, 0.3) is 0 Å². The van der Waals surface area contributed by atoms with E-state index >= 15 is 0 Å². The van der Waals surface area contributed by atoms with E-state index in [2.05, 4.69) is 6.07 Å². The molecule has 0 radical (unpaired) electrons. The second-order valence-corrected chi connectivity index (χ2v) is 5.40. The second kappa shape index (κ2) is 3.97. The van der Waals surface area contributed by atoms with Gasteiger partial charge in [-0.05, 0) is 6.08 Å². The van der Waals surface area contributed by atoms with Gasteiger partial charge in [0.05, 0.1) is 18.2 Å². The second-order valence-electron chi connectivity index (χ2n) is 4.72. The van der Waals surface area contributed by atoms with Crippen molar-refractivity contribution in [3.8, 4) is 6.07 Å². The molecule has 2 aliphatic rings. The summed E-state index contributed by atoms with van der Waals surface area (Å²) in [4.78, 5) is 12.7. The molecule has 1 aromatic rings. The number of carbonyl (C=O) groups is 1. The van der Waals surface area contributed by atoms with E-state index in [1.54, 1.807) is 18.2 Å². The maximum atomic E-state index is 11.9. The van der Waals surface area contributed by atoms with Crippen LogP contribution in [0.15, 0.2) is 36.7 Å². The molecule has 19 heavy (non-hydrogen) atoms. The fourth-order valence-electron chi connectivity index (χ4n) is 2.72. The van der Waals surface area contributed by atoms with Crippen molar-refractivity contribution in [1.29, 1.82) is 5.26 Å². The lowest BCUT2D eigenvalue weighted by molar-refractivity contribution is -0.605. The first-order valence-corrected chi connectivity index (χ1v) is 6.22. The van der Waals surface area contributed by atoms with Gasteiger partial charge in [-0.1, -0.05) is 17.7 Å². The van der Waals surface area contributed by atoms with Gasteiger partial charge in [-0.2, -0.15) is 9.99 Å². The lowest BCUT2D eigenvalue weighted by atomic mass is 10.0. The molecule has 5 nitrogen and oxygen atoms in total. The molecule has 2 bridgehead atoms. The molecule has 3 rings (SSSR count). The van der Waals surface area contributed by atoms with E-state index in [1.807, 2.05) is 4.90 Å². The van der Waals surface area contributed by atoms with E-state index in [-0.39, 0.29) is 18.2 Å². The smallest absolute Gasteiger partial charge is 0.182 e. The number of rotatable bonds is 1. The highest BCUT2D eigenvalue weighted by Crippen LogP contribution is 2.44. The first kappa shape index (κ1) is 12.0. The highest BCUT2D eigenvalue weighted by Gasteiger charge is 2.54. The minimum atomic E-state index is -1.10. The number of ketones is 1. The summed E-state index contributed by atoms with van der Waals surface area (Å²) in [7, 11) is 0. The van der Waals surface area contributed by atoms with Crippen molar-refractivity contribution in [3.05, 3.63) is 41.9 Å². The van der Waals surface area contributed by atoms with Crippen LogP contribution in [0, 0.1) is 16.5 Å². The number of fused-ring (bicyclic) bond motifs is 2. The summed E-state index contributed by atoms with van der Waals surface area (Å²) in [5.74, 6) is -0.0621. The minimum Gasteiger partial charge on any atom is -0.619 e. The van der Waals surface area contributed by atoms with Gasteiger partial charge in [0, 0.05) is 24.2 Å². The SMILES string of the molecule is N#CC1(Cl)CC2C(=O)C=CC1N2c1cc[n+]([O-])cc1. The van der Waals surface area contributed by atoms with E-state index in [0.29, 0.717) is 4.73 Å². The van der Waals surface area contributed by atoms with E-state index in [0.717, 1.165) is 5.69 Å². The van der Waals surface area contributed by atoms with Gasteiger partial charge in [0.1, 0.15) is 0 Å². The van der Waals surface area contributed by atoms with Crippen LogP contribution in [0.4, 0.5) is 5.69 Å². The van der Waals surface area contributed by atoms with Crippen molar-refractivity contribution in [2.75, 3.05) is 4.90 Å². The summed E-state index contributed by atoms with van der Waals surface area (Å²) in [5.41, 5.74) is 0.720. The highest BCUT2D eigenvalue weighted by molar-refractivity contribution is 6.28. The Kier molecular flexibility index (Phi) is 2.51. The van der Waals surface area contributed by atoms with Gasteiger partial charge in [0.15, 0.2) is 23.1 Å². The average molecular weight is 276 g/mol. The Morgan fingerprint density at radius 3 is 2.84 bits per heavy atom. The van der Waals surface area contributed by atoms with Crippen LogP contribution in [0.5, 0.6) is 0 Å². The topological polar surface area (TPSA) is 71.0 Å². The van der Waals surface area contributed by atoms with Crippen LogP contribution in [0.2, 0.25) is 0 Å². The third-order valence-electron chi connectivity index (χ3n) is 3.63. The molecule has 0 aliphatic carbocycles. The zero-order chi connectivity index (χ0) is 13.6. The Morgan fingerprint density at radius 1 is 1.53 bits per heavy atom. The Bertz CT molecular complexity index is 607. The van der Waals surface area contributed by atoms with Gasteiger partial charge >= 0.3 is 0 Å². The number of hydrogen-bond donors (Lipinski definition) is 0. The lowest BCUT2D eigenvalue weighted by Crippen LogP contribution is -2.45. The Labute approximate surface area is 114 Å². The third kappa shape index (κ3) is 1.68. The van der Waals surface area contributed by atoms with Crippen LogP contribution < -0.4 is 9.63 Å². The van der Waals surface area contributed by atoms with Crippen LogP contribution in [0.1, 0.15) is 6.42 Å².